The Morgan fingerprint density at radius 3 is 2.53 bits per heavy atom. The number of benzene rings is 1. The van der Waals surface area contributed by atoms with Crippen LogP contribution in [0.5, 0.6) is 11.5 Å². The molecule has 0 heterocycles. The maximum absolute atomic E-state index is 5.96. The van der Waals surface area contributed by atoms with E-state index >= 15 is 0 Å². The Labute approximate surface area is 103 Å². The summed E-state index contributed by atoms with van der Waals surface area (Å²) < 4.78 is 11.1. The van der Waals surface area contributed by atoms with E-state index < -0.39 is 0 Å². The van der Waals surface area contributed by atoms with Crippen molar-refractivity contribution in [2.45, 2.75) is 38.3 Å². The number of hydrogen-bond donors (Lipinski definition) is 1. The molecule has 0 aliphatic heterocycles. The maximum atomic E-state index is 5.96. The molecule has 2 rings (SSSR count). The molecule has 0 bridgehead atoms. The van der Waals surface area contributed by atoms with E-state index in [1.165, 1.54) is 6.42 Å². The van der Waals surface area contributed by atoms with Crippen molar-refractivity contribution < 1.29 is 9.47 Å². The van der Waals surface area contributed by atoms with Crippen LogP contribution in [-0.2, 0) is 0 Å². The van der Waals surface area contributed by atoms with Crippen LogP contribution in [0.3, 0.4) is 0 Å². The van der Waals surface area contributed by atoms with Crippen molar-refractivity contribution in [3.63, 3.8) is 0 Å². The first-order chi connectivity index (χ1) is 8.31. The molecule has 0 amide bonds. The lowest BCUT2D eigenvalue weighted by molar-refractivity contribution is 0.206. The van der Waals surface area contributed by atoms with Crippen LogP contribution in [0.25, 0.3) is 0 Å². The summed E-state index contributed by atoms with van der Waals surface area (Å²) in [6.07, 6.45) is 3.82. The average Bonchev–Trinajstić information content (AvgIpc) is 2.78. The van der Waals surface area contributed by atoms with Crippen LogP contribution in [-0.4, -0.2) is 25.8 Å². The van der Waals surface area contributed by atoms with Gasteiger partial charge in [-0.15, -0.1) is 0 Å². The summed E-state index contributed by atoms with van der Waals surface area (Å²) >= 11 is 0. The third-order valence-electron chi connectivity index (χ3n) is 3.24. The van der Waals surface area contributed by atoms with Crippen LogP contribution in [0.1, 0.15) is 26.2 Å². The minimum Gasteiger partial charge on any atom is -0.497 e. The van der Waals surface area contributed by atoms with Crippen LogP contribution in [0.4, 0.5) is 0 Å². The highest BCUT2D eigenvalue weighted by molar-refractivity contribution is 5.31. The fraction of sp³-hybridized carbons (Fsp3) is 0.571. The molecule has 0 saturated heterocycles. The van der Waals surface area contributed by atoms with Gasteiger partial charge in [-0.05, 0) is 50.1 Å². The molecule has 1 aliphatic carbocycles. The van der Waals surface area contributed by atoms with Gasteiger partial charge in [0.2, 0.25) is 0 Å². The summed E-state index contributed by atoms with van der Waals surface area (Å²) in [5.41, 5.74) is 0. The van der Waals surface area contributed by atoms with E-state index in [4.69, 9.17) is 9.47 Å². The standard InChI is InChI=1S/C14H21NO2/c1-3-15-11-4-5-14(10-11)17-13-8-6-12(16-2)7-9-13/h6-9,11,14-15H,3-5,10H2,1-2H3. The minimum atomic E-state index is 0.354. The fourth-order valence-electron chi connectivity index (χ4n) is 2.37. The van der Waals surface area contributed by atoms with Gasteiger partial charge in [0.05, 0.1) is 7.11 Å². The first kappa shape index (κ1) is 12.2. The molecule has 3 nitrogen and oxygen atoms in total. The van der Waals surface area contributed by atoms with E-state index in [-0.39, 0.29) is 0 Å². The van der Waals surface area contributed by atoms with Crippen molar-refractivity contribution in [3.8, 4) is 11.5 Å². The highest BCUT2D eigenvalue weighted by atomic mass is 16.5. The highest BCUT2D eigenvalue weighted by Crippen LogP contribution is 2.25. The lowest BCUT2D eigenvalue weighted by Crippen LogP contribution is -2.27. The topological polar surface area (TPSA) is 30.5 Å². The molecule has 2 atom stereocenters. The van der Waals surface area contributed by atoms with Crippen LogP contribution in [0.2, 0.25) is 0 Å². The second-order valence-corrected chi connectivity index (χ2v) is 4.48. The van der Waals surface area contributed by atoms with E-state index in [1.807, 2.05) is 24.3 Å². The Morgan fingerprint density at radius 1 is 1.18 bits per heavy atom. The molecular weight excluding hydrogens is 214 g/mol. The Bertz CT molecular complexity index is 337. The predicted molar refractivity (Wildman–Crippen MR) is 68.7 cm³/mol. The van der Waals surface area contributed by atoms with E-state index in [0.29, 0.717) is 12.1 Å². The Hall–Kier alpha value is -1.22. The molecule has 1 N–H and O–H groups in total. The van der Waals surface area contributed by atoms with Crippen molar-refractivity contribution in [3.05, 3.63) is 24.3 Å². The lowest BCUT2D eigenvalue weighted by atomic mass is 10.2. The number of nitrogens with one attached hydrogen (secondary N) is 1. The van der Waals surface area contributed by atoms with E-state index in [0.717, 1.165) is 30.9 Å². The monoisotopic (exact) mass is 235 g/mol. The van der Waals surface area contributed by atoms with E-state index in [1.54, 1.807) is 7.11 Å². The number of methoxy groups -OCH3 is 1. The molecule has 1 fully saturated rings. The second-order valence-electron chi connectivity index (χ2n) is 4.48. The third-order valence-corrected chi connectivity index (χ3v) is 3.24. The largest absolute Gasteiger partial charge is 0.497 e. The molecule has 1 aromatic rings. The van der Waals surface area contributed by atoms with E-state index in [9.17, 15) is 0 Å². The van der Waals surface area contributed by atoms with Gasteiger partial charge >= 0.3 is 0 Å². The van der Waals surface area contributed by atoms with Gasteiger partial charge < -0.3 is 14.8 Å². The fourth-order valence-corrected chi connectivity index (χ4v) is 2.37. The van der Waals surface area contributed by atoms with Gasteiger partial charge in [-0.2, -0.15) is 0 Å². The van der Waals surface area contributed by atoms with Crippen LogP contribution >= 0.6 is 0 Å². The average molecular weight is 235 g/mol. The smallest absolute Gasteiger partial charge is 0.119 e. The van der Waals surface area contributed by atoms with Gasteiger partial charge in [0.1, 0.15) is 17.6 Å². The lowest BCUT2D eigenvalue weighted by Gasteiger charge is -2.14. The first-order valence-electron chi connectivity index (χ1n) is 6.36. The van der Waals surface area contributed by atoms with Crippen LogP contribution < -0.4 is 14.8 Å². The van der Waals surface area contributed by atoms with Crippen molar-refractivity contribution >= 4 is 0 Å². The molecule has 1 saturated carbocycles. The summed E-state index contributed by atoms with van der Waals surface area (Å²) in [5, 5.41) is 3.48. The summed E-state index contributed by atoms with van der Waals surface area (Å²) in [5.74, 6) is 1.81. The van der Waals surface area contributed by atoms with Gasteiger partial charge in [-0.3, -0.25) is 0 Å². The number of rotatable bonds is 5. The van der Waals surface area contributed by atoms with Crippen LogP contribution in [0, 0.1) is 0 Å². The van der Waals surface area contributed by atoms with Crippen molar-refractivity contribution in [1.82, 2.24) is 5.32 Å². The molecule has 94 valence electrons. The molecule has 0 radical (unpaired) electrons. The number of hydrogen-bond acceptors (Lipinski definition) is 3. The maximum Gasteiger partial charge on any atom is 0.119 e. The third kappa shape index (κ3) is 3.37. The SMILES string of the molecule is CCNC1CCC(Oc2ccc(OC)cc2)C1. The van der Waals surface area contributed by atoms with Gasteiger partial charge in [0.25, 0.3) is 0 Å². The molecule has 17 heavy (non-hydrogen) atoms. The molecule has 1 aliphatic rings. The van der Waals surface area contributed by atoms with E-state index in [2.05, 4.69) is 12.2 Å². The van der Waals surface area contributed by atoms with Gasteiger partial charge in [-0.1, -0.05) is 6.92 Å². The Morgan fingerprint density at radius 2 is 1.88 bits per heavy atom. The summed E-state index contributed by atoms with van der Waals surface area (Å²) in [7, 11) is 1.67. The summed E-state index contributed by atoms with van der Waals surface area (Å²) in [6, 6.07) is 8.44. The molecule has 0 aromatic heterocycles. The van der Waals surface area contributed by atoms with Crippen LogP contribution in [0.15, 0.2) is 24.3 Å². The van der Waals surface area contributed by atoms with Gasteiger partial charge in [0.15, 0.2) is 0 Å². The molecule has 0 spiro atoms. The number of ether oxygens (including phenoxy) is 2. The van der Waals surface area contributed by atoms with Crippen molar-refractivity contribution in [2.24, 2.45) is 0 Å². The predicted octanol–water partition coefficient (Wildman–Crippen LogP) is 2.60. The zero-order chi connectivity index (χ0) is 12.1. The normalized spacial score (nSPS) is 23.6. The molecule has 3 heteroatoms. The summed E-state index contributed by atoms with van der Waals surface area (Å²) in [6.45, 7) is 3.19. The van der Waals surface area contributed by atoms with Crippen molar-refractivity contribution in [1.29, 1.82) is 0 Å². The quantitative estimate of drug-likeness (QED) is 0.851. The molecule has 2 unspecified atom stereocenters. The first-order valence-corrected chi connectivity index (χ1v) is 6.36. The molecule has 1 aromatic carbocycles. The second kappa shape index (κ2) is 5.92. The zero-order valence-corrected chi connectivity index (χ0v) is 10.6. The van der Waals surface area contributed by atoms with Gasteiger partial charge in [0, 0.05) is 6.04 Å². The Kier molecular flexibility index (Phi) is 4.26. The van der Waals surface area contributed by atoms with Crippen molar-refractivity contribution in [2.75, 3.05) is 13.7 Å². The highest BCUT2D eigenvalue weighted by Gasteiger charge is 2.25. The zero-order valence-electron chi connectivity index (χ0n) is 10.6. The Balaban J connectivity index is 1.84. The summed E-state index contributed by atoms with van der Waals surface area (Å²) in [4.78, 5) is 0. The molecular formula is C14H21NO2. The van der Waals surface area contributed by atoms with Gasteiger partial charge in [-0.25, -0.2) is 0 Å². The minimum absolute atomic E-state index is 0.354.